The van der Waals surface area contributed by atoms with Gasteiger partial charge >= 0.3 is 5.97 Å². The quantitative estimate of drug-likeness (QED) is 0.442. The monoisotopic (exact) mass is 548 g/mol. The average Bonchev–Trinajstić information content (AvgIpc) is 2.98. The van der Waals surface area contributed by atoms with Crippen LogP contribution in [0.4, 0.5) is 11.4 Å². The lowest BCUT2D eigenvalue weighted by Crippen LogP contribution is -2.34. The second-order valence-electron chi connectivity index (χ2n) is 7.62. The number of anilines is 2. The molecule has 3 amide bonds. The highest BCUT2D eigenvalue weighted by Crippen LogP contribution is 2.44. The van der Waals surface area contributed by atoms with Crippen molar-refractivity contribution in [3.8, 4) is 0 Å². The number of imide groups is 1. The number of aromatic carboxylic acids is 1. The van der Waals surface area contributed by atoms with Gasteiger partial charge in [-0.05, 0) is 49.2 Å². The van der Waals surface area contributed by atoms with Crippen LogP contribution in [0.3, 0.4) is 0 Å². The Hall–Kier alpha value is -2.52. The zero-order valence-electron chi connectivity index (χ0n) is 16.1. The molecule has 0 aromatic heterocycles. The van der Waals surface area contributed by atoms with Crippen molar-refractivity contribution < 1.29 is 24.3 Å². The molecule has 1 aliphatic carbocycles. The molecule has 2 aromatic rings. The first kappa shape index (κ1) is 21.7. The Morgan fingerprint density at radius 2 is 1.48 bits per heavy atom. The molecule has 2 aromatic carbocycles. The predicted octanol–water partition coefficient (Wildman–Crippen LogP) is 4.06. The fraction of sp³-hybridized carbons (Fsp3) is 0.273. The zero-order valence-corrected chi connectivity index (χ0v) is 19.3. The Bertz CT molecular complexity index is 1060. The molecule has 0 spiro atoms. The summed E-state index contributed by atoms with van der Waals surface area (Å²) in [7, 11) is 0. The molecule has 0 radical (unpaired) electrons. The molecule has 1 heterocycles. The van der Waals surface area contributed by atoms with Gasteiger partial charge in [0.2, 0.25) is 11.8 Å². The predicted molar refractivity (Wildman–Crippen MR) is 122 cm³/mol. The van der Waals surface area contributed by atoms with Gasteiger partial charge in [-0.2, -0.15) is 0 Å². The van der Waals surface area contributed by atoms with Crippen molar-refractivity contribution in [1.29, 1.82) is 0 Å². The van der Waals surface area contributed by atoms with E-state index in [9.17, 15) is 19.2 Å². The first-order valence-electron chi connectivity index (χ1n) is 9.67. The average molecular weight is 550 g/mol. The van der Waals surface area contributed by atoms with Crippen LogP contribution in [0, 0.1) is 11.8 Å². The van der Waals surface area contributed by atoms with Gasteiger partial charge < -0.3 is 10.4 Å². The third-order valence-electron chi connectivity index (χ3n) is 5.65. The summed E-state index contributed by atoms with van der Waals surface area (Å²) in [5.74, 6) is -2.80. The topological polar surface area (TPSA) is 104 Å². The highest BCUT2D eigenvalue weighted by Gasteiger charge is 2.52. The summed E-state index contributed by atoms with van der Waals surface area (Å²) >= 11 is 7.14. The minimum absolute atomic E-state index is 0.0533. The van der Waals surface area contributed by atoms with Crippen LogP contribution in [0.15, 0.2) is 48.5 Å². The van der Waals surface area contributed by atoms with Crippen molar-refractivity contribution in [3.05, 3.63) is 59.7 Å². The van der Waals surface area contributed by atoms with Gasteiger partial charge in [0.1, 0.15) is 0 Å². The van der Waals surface area contributed by atoms with E-state index < -0.39 is 11.9 Å². The van der Waals surface area contributed by atoms with E-state index in [4.69, 9.17) is 5.11 Å². The Balaban J connectivity index is 1.56. The van der Waals surface area contributed by atoms with Gasteiger partial charge in [0.15, 0.2) is 0 Å². The van der Waals surface area contributed by atoms with Crippen LogP contribution < -0.4 is 10.2 Å². The second kappa shape index (κ2) is 8.55. The van der Waals surface area contributed by atoms with Crippen LogP contribution in [0.2, 0.25) is 0 Å². The van der Waals surface area contributed by atoms with Gasteiger partial charge in [-0.3, -0.25) is 19.3 Å². The van der Waals surface area contributed by atoms with Crippen molar-refractivity contribution in [1.82, 2.24) is 0 Å². The van der Waals surface area contributed by atoms with Gasteiger partial charge in [0.25, 0.3) is 5.91 Å². The number of nitrogens with one attached hydrogen (secondary N) is 1. The molecule has 160 valence electrons. The molecule has 9 heteroatoms. The van der Waals surface area contributed by atoms with Crippen molar-refractivity contribution in [2.75, 3.05) is 10.2 Å². The van der Waals surface area contributed by atoms with E-state index in [2.05, 4.69) is 37.2 Å². The molecule has 1 saturated carbocycles. The summed E-state index contributed by atoms with van der Waals surface area (Å²) in [5, 5.41) is 11.8. The second-order valence-corrected chi connectivity index (χ2v) is 9.97. The Morgan fingerprint density at radius 1 is 0.903 bits per heavy atom. The third kappa shape index (κ3) is 4.16. The molecule has 1 saturated heterocycles. The van der Waals surface area contributed by atoms with Gasteiger partial charge in [-0.15, -0.1) is 0 Å². The fourth-order valence-corrected chi connectivity index (χ4v) is 5.31. The van der Waals surface area contributed by atoms with Crippen LogP contribution in [-0.4, -0.2) is 38.5 Å². The molecule has 31 heavy (non-hydrogen) atoms. The highest BCUT2D eigenvalue weighted by molar-refractivity contribution is 9.12. The van der Waals surface area contributed by atoms with E-state index in [-0.39, 0.29) is 44.4 Å². The number of rotatable bonds is 4. The fourth-order valence-electron chi connectivity index (χ4n) is 4.07. The van der Waals surface area contributed by atoms with E-state index >= 15 is 0 Å². The molecule has 7 nitrogen and oxygen atoms in total. The summed E-state index contributed by atoms with van der Waals surface area (Å²) in [4.78, 5) is 51.2. The first-order chi connectivity index (χ1) is 14.8. The number of hydrogen-bond donors (Lipinski definition) is 2. The van der Waals surface area contributed by atoms with E-state index in [1.165, 1.54) is 29.2 Å². The molecule has 1 aliphatic heterocycles. The van der Waals surface area contributed by atoms with E-state index in [0.29, 0.717) is 24.2 Å². The van der Waals surface area contributed by atoms with E-state index in [1.807, 2.05) is 0 Å². The van der Waals surface area contributed by atoms with Crippen molar-refractivity contribution in [3.63, 3.8) is 0 Å². The summed E-state index contributed by atoms with van der Waals surface area (Å²) in [6.45, 7) is 0. The maximum atomic E-state index is 13.0. The summed E-state index contributed by atoms with van der Waals surface area (Å²) in [5.41, 5.74) is 0.998. The molecule has 4 atom stereocenters. The smallest absolute Gasteiger partial charge is 0.335 e. The Labute approximate surface area is 195 Å². The third-order valence-corrected chi connectivity index (χ3v) is 8.38. The number of hydrogen-bond acceptors (Lipinski definition) is 4. The summed E-state index contributed by atoms with van der Waals surface area (Å²) < 4.78 is 0. The number of carbonyl (C=O) groups excluding carboxylic acids is 3. The minimum atomic E-state index is -1.10. The van der Waals surface area contributed by atoms with Crippen molar-refractivity contribution in [2.24, 2.45) is 11.8 Å². The van der Waals surface area contributed by atoms with Crippen LogP contribution >= 0.6 is 31.9 Å². The molecule has 2 aliphatic rings. The van der Waals surface area contributed by atoms with Gasteiger partial charge in [0.05, 0.1) is 23.1 Å². The molecule has 2 fully saturated rings. The molecule has 0 unspecified atom stereocenters. The van der Waals surface area contributed by atoms with E-state index in [1.54, 1.807) is 24.3 Å². The molecular weight excluding hydrogens is 532 g/mol. The number of benzene rings is 2. The summed E-state index contributed by atoms with van der Waals surface area (Å²) in [6.07, 6.45) is 1.14. The number of carboxylic acid groups (broad SMARTS) is 1. The number of fused-ring (bicyclic) bond motifs is 1. The van der Waals surface area contributed by atoms with E-state index in [0.717, 1.165) is 0 Å². The number of amides is 3. The van der Waals surface area contributed by atoms with Crippen LogP contribution in [-0.2, 0) is 9.59 Å². The number of halogens is 2. The number of carboxylic acids is 1. The maximum absolute atomic E-state index is 13.0. The summed E-state index contributed by atoms with van der Waals surface area (Å²) in [6, 6.07) is 12.2. The van der Waals surface area contributed by atoms with Gasteiger partial charge in [-0.1, -0.05) is 44.0 Å². The van der Waals surface area contributed by atoms with Crippen LogP contribution in [0.5, 0.6) is 0 Å². The number of carbonyl (C=O) groups is 4. The minimum Gasteiger partial charge on any atom is -0.478 e. The first-order valence-corrected chi connectivity index (χ1v) is 11.5. The number of alkyl halides is 2. The molecule has 2 N–H and O–H groups in total. The lowest BCUT2D eigenvalue weighted by molar-refractivity contribution is -0.122. The normalized spacial score (nSPS) is 25.3. The highest BCUT2D eigenvalue weighted by atomic mass is 79.9. The maximum Gasteiger partial charge on any atom is 0.335 e. The SMILES string of the molecule is O=C(O)c1cccc(NC(=O)c2cccc(N3C(=O)[C@H]4C[C@@H](Br)[C@@H](Br)C[C@H]4C3=O)c2)c1. The molecule has 0 bridgehead atoms. The van der Waals surface area contributed by atoms with Gasteiger partial charge in [-0.25, -0.2) is 4.79 Å². The number of nitrogens with zero attached hydrogens (tertiary/aromatic N) is 1. The van der Waals surface area contributed by atoms with Crippen LogP contribution in [0.1, 0.15) is 33.6 Å². The van der Waals surface area contributed by atoms with Crippen LogP contribution in [0.25, 0.3) is 0 Å². The lowest BCUT2D eigenvalue weighted by Gasteiger charge is -2.29. The van der Waals surface area contributed by atoms with Crippen molar-refractivity contribution >= 4 is 66.9 Å². The van der Waals surface area contributed by atoms with Gasteiger partial charge in [0, 0.05) is 20.9 Å². The zero-order chi connectivity index (χ0) is 22.3. The van der Waals surface area contributed by atoms with Crippen molar-refractivity contribution in [2.45, 2.75) is 22.5 Å². The standard InChI is InChI=1S/C22H18Br2N2O5/c23-17-9-15-16(10-18(17)24)21(29)26(20(15)28)14-6-2-3-11(8-14)19(27)25-13-5-1-4-12(7-13)22(30)31/h1-8,15-18H,9-10H2,(H,25,27)(H,30,31)/t15-,16+,17+,18-. The Kier molecular flexibility index (Phi) is 5.98. The Morgan fingerprint density at radius 3 is 2.10 bits per heavy atom. The largest absolute Gasteiger partial charge is 0.478 e. The lowest BCUT2D eigenvalue weighted by atomic mass is 9.81. The molecule has 4 rings (SSSR count). The molecular formula is C22H18Br2N2O5.